The molecule has 0 saturated heterocycles. The van der Waals surface area contributed by atoms with Gasteiger partial charge in [-0.3, -0.25) is 9.78 Å². The summed E-state index contributed by atoms with van der Waals surface area (Å²) >= 11 is 0. The molecular formula is C21H25F3N6O. The number of carbonyl (C=O) groups excluding carboxylic acids is 1. The van der Waals surface area contributed by atoms with Crippen molar-refractivity contribution in [3.05, 3.63) is 59.7 Å². The van der Waals surface area contributed by atoms with E-state index < -0.39 is 11.7 Å². The number of hydrogen-bond donors (Lipinski definition) is 2. The van der Waals surface area contributed by atoms with Crippen LogP contribution in [-0.4, -0.2) is 32.6 Å². The number of anilines is 1. The second-order valence-electron chi connectivity index (χ2n) is 7.49. The molecule has 2 heterocycles. The lowest BCUT2D eigenvalue weighted by Gasteiger charge is -2.13. The summed E-state index contributed by atoms with van der Waals surface area (Å²) in [6.45, 7) is 0.593. The van der Waals surface area contributed by atoms with Crippen molar-refractivity contribution in [1.29, 1.82) is 0 Å². The van der Waals surface area contributed by atoms with E-state index in [0.29, 0.717) is 18.1 Å². The number of halogens is 3. The average Bonchev–Trinajstić information content (AvgIpc) is 3.57. The van der Waals surface area contributed by atoms with Crippen molar-refractivity contribution in [2.24, 2.45) is 11.8 Å². The fraction of sp³-hybridized carbons (Fsp3) is 0.429. The number of alkyl halides is 3. The minimum atomic E-state index is -4.38. The Morgan fingerprint density at radius 1 is 1.19 bits per heavy atom. The molecule has 1 amide bonds. The van der Waals surface area contributed by atoms with Gasteiger partial charge in [-0.1, -0.05) is 6.08 Å². The first kappa shape index (κ1) is 22.7. The third-order valence-corrected chi connectivity index (χ3v) is 4.79. The highest BCUT2D eigenvalue weighted by Gasteiger charge is 2.30. The lowest BCUT2D eigenvalue weighted by molar-refractivity contribution is -0.137. The van der Waals surface area contributed by atoms with Crippen molar-refractivity contribution in [2.45, 2.75) is 44.7 Å². The van der Waals surface area contributed by atoms with Crippen molar-refractivity contribution in [1.82, 2.24) is 20.2 Å². The molecule has 0 radical (unpaired) electrons. The zero-order valence-electron chi connectivity index (χ0n) is 17.0. The van der Waals surface area contributed by atoms with Crippen LogP contribution in [0.4, 0.5) is 19.0 Å². The van der Waals surface area contributed by atoms with E-state index in [1.54, 1.807) is 18.3 Å². The lowest BCUT2D eigenvalue weighted by atomic mass is 10.2. The number of amides is 1. The predicted octanol–water partition coefficient (Wildman–Crippen LogP) is 3.49. The van der Waals surface area contributed by atoms with Crippen molar-refractivity contribution in [3.8, 4) is 0 Å². The summed E-state index contributed by atoms with van der Waals surface area (Å²) in [7, 11) is 0. The molecule has 0 atom stereocenters. The fourth-order valence-electron chi connectivity index (χ4n) is 2.88. The quantitative estimate of drug-likeness (QED) is 0.338. The summed E-state index contributed by atoms with van der Waals surface area (Å²) in [5.41, 5.74) is 0.450. The van der Waals surface area contributed by atoms with Crippen molar-refractivity contribution in [3.63, 3.8) is 0 Å². The molecule has 2 aromatic rings. The van der Waals surface area contributed by atoms with Gasteiger partial charge in [0.15, 0.2) is 5.82 Å². The fourth-order valence-corrected chi connectivity index (χ4v) is 2.88. The Balaban J connectivity index is 1.33. The second-order valence-corrected chi connectivity index (χ2v) is 7.49. The zero-order chi connectivity index (χ0) is 22.3. The van der Waals surface area contributed by atoms with E-state index >= 15 is 0 Å². The molecule has 3 rings (SSSR count). The predicted molar refractivity (Wildman–Crippen MR) is 109 cm³/mol. The summed E-state index contributed by atoms with van der Waals surface area (Å²) in [4.78, 5) is 15.6. The van der Waals surface area contributed by atoms with Gasteiger partial charge in [-0.15, -0.1) is 5.10 Å². The molecule has 0 spiro atoms. The number of pyridine rings is 1. The number of aromatic nitrogens is 3. The number of rotatable bonds is 10. The van der Waals surface area contributed by atoms with Gasteiger partial charge < -0.3 is 10.3 Å². The van der Waals surface area contributed by atoms with Gasteiger partial charge in [0.1, 0.15) is 0 Å². The van der Waals surface area contributed by atoms with E-state index in [4.69, 9.17) is 5.84 Å². The Morgan fingerprint density at radius 3 is 2.68 bits per heavy atom. The molecule has 0 aliphatic heterocycles. The third-order valence-electron chi connectivity index (χ3n) is 4.79. The Labute approximate surface area is 178 Å². The van der Waals surface area contributed by atoms with Gasteiger partial charge >= 0.3 is 6.18 Å². The van der Waals surface area contributed by atoms with E-state index in [0.717, 1.165) is 56.1 Å². The van der Waals surface area contributed by atoms with Gasteiger partial charge in [0.25, 0.3) is 0 Å². The number of nitrogens with one attached hydrogen (secondary N) is 1. The summed E-state index contributed by atoms with van der Waals surface area (Å²) in [5, 5.41) is 12.4. The normalized spacial score (nSPS) is 14.1. The maximum atomic E-state index is 12.7. The smallest absolute Gasteiger partial charge is 0.319 e. The van der Waals surface area contributed by atoms with Crippen LogP contribution in [0.15, 0.2) is 42.7 Å². The zero-order valence-corrected chi connectivity index (χ0v) is 17.0. The van der Waals surface area contributed by atoms with Crippen molar-refractivity contribution < 1.29 is 18.0 Å². The molecule has 2 aromatic heterocycles. The van der Waals surface area contributed by atoms with Crippen LogP contribution in [0.3, 0.4) is 0 Å². The maximum Gasteiger partial charge on any atom is 0.416 e. The Hall–Kier alpha value is -3.01. The van der Waals surface area contributed by atoms with Gasteiger partial charge in [0.05, 0.1) is 11.3 Å². The standard InChI is InChI=1S/C21H25F3N6O/c22-21(23,24)16-10-11-26-18(14-16)5-3-13-30(25)12-2-1-4-17-8-9-19(29-28-17)27-20(31)15-6-7-15/h3,8-11,13-15H,1-2,4-7,12,25H2,(H,27,29,31)/b13-3+. The van der Waals surface area contributed by atoms with Crippen LogP contribution in [0.5, 0.6) is 0 Å². The Bertz CT molecular complexity index is 897. The second kappa shape index (κ2) is 10.3. The molecule has 1 fully saturated rings. The van der Waals surface area contributed by atoms with Crippen molar-refractivity contribution >= 4 is 11.7 Å². The summed E-state index contributed by atoms with van der Waals surface area (Å²) in [6, 6.07) is 5.58. The highest BCUT2D eigenvalue weighted by Crippen LogP contribution is 2.30. The minimum absolute atomic E-state index is 0.00183. The van der Waals surface area contributed by atoms with E-state index in [1.807, 2.05) is 6.07 Å². The monoisotopic (exact) mass is 434 g/mol. The number of aryl methyl sites for hydroxylation is 1. The van der Waals surface area contributed by atoms with Crippen LogP contribution in [-0.2, 0) is 23.8 Å². The highest BCUT2D eigenvalue weighted by atomic mass is 19.4. The average molecular weight is 434 g/mol. The van der Waals surface area contributed by atoms with E-state index in [1.165, 1.54) is 5.01 Å². The number of hydrogen-bond acceptors (Lipinski definition) is 6. The number of nitrogens with zero attached hydrogens (tertiary/aromatic N) is 4. The molecule has 0 bridgehead atoms. The number of nitrogens with two attached hydrogens (primary N) is 1. The van der Waals surface area contributed by atoms with Gasteiger partial charge in [0, 0.05) is 37.0 Å². The molecule has 3 N–H and O–H groups in total. The molecule has 0 aromatic carbocycles. The molecule has 1 aliphatic carbocycles. The molecule has 0 unspecified atom stereocenters. The largest absolute Gasteiger partial charge is 0.416 e. The number of hydrazine groups is 1. The Kier molecular flexibility index (Phi) is 7.56. The van der Waals surface area contributed by atoms with Crippen LogP contribution in [0.2, 0.25) is 0 Å². The van der Waals surface area contributed by atoms with Crippen molar-refractivity contribution in [2.75, 3.05) is 11.9 Å². The molecular weight excluding hydrogens is 409 g/mol. The van der Waals surface area contributed by atoms with Crippen LogP contribution >= 0.6 is 0 Å². The molecule has 1 aliphatic rings. The van der Waals surface area contributed by atoms with Gasteiger partial charge in [-0.25, -0.2) is 5.84 Å². The molecule has 1 saturated carbocycles. The Morgan fingerprint density at radius 2 is 2.00 bits per heavy atom. The van der Waals surface area contributed by atoms with Gasteiger partial charge in [0.2, 0.25) is 5.91 Å². The van der Waals surface area contributed by atoms with Gasteiger partial charge in [-0.2, -0.15) is 18.3 Å². The summed E-state index contributed by atoms with van der Waals surface area (Å²) < 4.78 is 38.1. The molecule has 166 valence electrons. The first-order chi connectivity index (χ1) is 14.8. The van der Waals surface area contributed by atoms with Gasteiger partial charge in [-0.05, 0) is 56.4 Å². The first-order valence-corrected chi connectivity index (χ1v) is 10.1. The maximum absolute atomic E-state index is 12.7. The highest BCUT2D eigenvalue weighted by molar-refractivity contribution is 5.93. The minimum Gasteiger partial charge on any atom is -0.319 e. The summed E-state index contributed by atoms with van der Waals surface area (Å²) in [6.07, 6.45) is 4.62. The van der Waals surface area contributed by atoms with E-state index in [2.05, 4.69) is 20.5 Å². The number of carbonyl (C=O) groups is 1. The molecule has 31 heavy (non-hydrogen) atoms. The van der Waals surface area contributed by atoms with Crippen LogP contribution in [0.1, 0.15) is 42.6 Å². The lowest BCUT2D eigenvalue weighted by Crippen LogP contribution is -2.26. The van der Waals surface area contributed by atoms with Crippen LogP contribution < -0.4 is 11.2 Å². The topological polar surface area (TPSA) is 97.0 Å². The van der Waals surface area contributed by atoms with E-state index in [-0.39, 0.29) is 18.2 Å². The molecule has 7 nitrogen and oxygen atoms in total. The van der Waals surface area contributed by atoms with Crippen LogP contribution in [0, 0.1) is 5.92 Å². The SMILES string of the molecule is NN(/C=C/Cc1cc(C(F)(F)F)ccn1)CCCCc1ccc(NC(=O)C2CC2)nn1. The first-order valence-electron chi connectivity index (χ1n) is 10.1. The number of allylic oxidation sites excluding steroid dienone is 1. The summed E-state index contributed by atoms with van der Waals surface area (Å²) in [5.74, 6) is 6.48. The number of unbranched alkanes of at least 4 members (excludes halogenated alkanes) is 1. The van der Waals surface area contributed by atoms with Crippen LogP contribution in [0.25, 0.3) is 0 Å². The van der Waals surface area contributed by atoms with E-state index in [9.17, 15) is 18.0 Å². The third kappa shape index (κ3) is 7.63. The molecule has 10 heteroatoms.